The summed E-state index contributed by atoms with van der Waals surface area (Å²) < 4.78 is 27.0. The SMILES string of the molecule is CCn1c(SCC(=O)Nc2nc(C)c(C)s2)nnc1-c1ccc(NS(C)(=O)=O)cc1. The van der Waals surface area contributed by atoms with E-state index >= 15 is 0 Å². The van der Waals surface area contributed by atoms with Crippen LogP contribution in [0.2, 0.25) is 0 Å². The van der Waals surface area contributed by atoms with Crippen LogP contribution >= 0.6 is 23.1 Å². The van der Waals surface area contributed by atoms with E-state index in [4.69, 9.17) is 0 Å². The Kier molecular flexibility index (Phi) is 6.78. The molecule has 1 aromatic carbocycles. The molecule has 2 aromatic heterocycles. The van der Waals surface area contributed by atoms with Gasteiger partial charge < -0.3 is 9.88 Å². The highest BCUT2D eigenvalue weighted by Crippen LogP contribution is 2.26. The summed E-state index contributed by atoms with van der Waals surface area (Å²) in [6.45, 7) is 6.47. The summed E-state index contributed by atoms with van der Waals surface area (Å²) in [5.74, 6) is 0.683. The van der Waals surface area contributed by atoms with Crippen molar-refractivity contribution in [2.24, 2.45) is 0 Å². The van der Waals surface area contributed by atoms with Crippen LogP contribution in [0.5, 0.6) is 0 Å². The zero-order valence-corrected chi connectivity index (χ0v) is 19.4. The fourth-order valence-electron chi connectivity index (χ4n) is 2.61. The van der Waals surface area contributed by atoms with Crippen molar-refractivity contribution in [1.29, 1.82) is 0 Å². The second kappa shape index (κ2) is 9.14. The Bertz CT molecular complexity index is 1130. The normalized spacial score (nSPS) is 11.5. The van der Waals surface area contributed by atoms with Gasteiger partial charge in [-0.3, -0.25) is 9.52 Å². The summed E-state index contributed by atoms with van der Waals surface area (Å²) in [6, 6.07) is 6.89. The first-order valence-corrected chi connectivity index (χ1v) is 12.7. The van der Waals surface area contributed by atoms with Gasteiger partial charge in [0.25, 0.3) is 0 Å². The molecule has 0 radical (unpaired) electrons. The molecular weight excluding hydrogens is 444 g/mol. The Morgan fingerprint density at radius 3 is 2.47 bits per heavy atom. The van der Waals surface area contributed by atoms with Gasteiger partial charge in [0, 0.05) is 22.7 Å². The van der Waals surface area contributed by atoms with Gasteiger partial charge in [0.15, 0.2) is 16.1 Å². The zero-order chi connectivity index (χ0) is 21.9. The minimum Gasteiger partial charge on any atom is -0.302 e. The number of benzene rings is 1. The molecule has 0 atom stereocenters. The molecule has 0 aliphatic heterocycles. The number of carbonyl (C=O) groups is 1. The molecule has 0 fully saturated rings. The molecule has 1 amide bonds. The minimum absolute atomic E-state index is 0.155. The number of aromatic nitrogens is 4. The van der Waals surface area contributed by atoms with Gasteiger partial charge in [-0.2, -0.15) is 0 Å². The lowest BCUT2D eigenvalue weighted by Gasteiger charge is -2.08. The molecular formula is C18H22N6O3S3. The molecule has 0 aliphatic carbocycles. The van der Waals surface area contributed by atoms with E-state index in [9.17, 15) is 13.2 Å². The first-order valence-electron chi connectivity index (χ1n) is 9.04. The lowest BCUT2D eigenvalue weighted by atomic mass is 10.2. The molecule has 12 heteroatoms. The van der Waals surface area contributed by atoms with E-state index in [2.05, 4.69) is 25.2 Å². The maximum atomic E-state index is 12.3. The number of thiazole rings is 1. The van der Waals surface area contributed by atoms with Crippen LogP contribution in [0.3, 0.4) is 0 Å². The van der Waals surface area contributed by atoms with E-state index in [0.717, 1.165) is 22.4 Å². The molecule has 0 aliphatic rings. The predicted octanol–water partition coefficient (Wildman–Crippen LogP) is 3.14. The van der Waals surface area contributed by atoms with Crippen molar-refractivity contribution in [1.82, 2.24) is 19.7 Å². The fraction of sp³-hybridized carbons (Fsp3) is 0.333. The Labute approximate surface area is 183 Å². The third-order valence-electron chi connectivity index (χ3n) is 4.09. The predicted molar refractivity (Wildman–Crippen MR) is 121 cm³/mol. The van der Waals surface area contributed by atoms with Crippen molar-refractivity contribution in [3.63, 3.8) is 0 Å². The van der Waals surface area contributed by atoms with Crippen LogP contribution in [-0.4, -0.2) is 46.1 Å². The highest BCUT2D eigenvalue weighted by molar-refractivity contribution is 7.99. The van der Waals surface area contributed by atoms with E-state index in [-0.39, 0.29) is 11.7 Å². The van der Waals surface area contributed by atoms with E-state index in [1.54, 1.807) is 24.3 Å². The van der Waals surface area contributed by atoms with Crippen LogP contribution in [0, 0.1) is 13.8 Å². The number of hydrogen-bond donors (Lipinski definition) is 2. The van der Waals surface area contributed by atoms with Gasteiger partial charge in [-0.15, -0.1) is 21.5 Å². The summed E-state index contributed by atoms with van der Waals surface area (Å²) in [7, 11) is -3.33. The molecule has 3 aromatic rings. The fourth-order valence-corrected chi connectivity index (χ4v) is 4.80. The Balaban J connectivity index is 1.68. The van der Waals surface area contributed by atoms with Crippen molar-refractivity contribution in [2.45, 2.75) is 32.5 Å². The molecule has 30 heavy (non-hydrogen) atoms. The van der Waals surface area contributed by atoms with Gasteiger partial charge in [-0.25, -0.2) is 13.4 Å². The summed E-state index contributed by atoms with van der Waals surface area (Å²) in [4.78, 5) is 17.6. The third kappa shape index (κ3) is 5.58. The topological polar surface area (TPSA) is 119 Å². The Hall–Kier alpha value is -2.44. The second-order valence-electron chi connectivity index (χ2n) is 6.50. The smallest absolute Gasteiger partial charge is 0.236 e. The number of rotatable bonds is 8. The number of sulfonamides is 1. The minimum atomic E-state index is -3.33. The highest BCUT2D eigenvalue weighted by atomic mass is 32.2. The summed E-state index contributed by atoms with van der Waals surface area (Å²) >= 11 is 2.75. The van der Waals surface area contributed by atoms with Gasteiger partial charge in [0.1, 0.15) is 0 Å². The van der Waals surface area contributed by atoms with Crippen LogP contribution < -0.4 is 10.0 Å². The number of nitrogens with zero attached hydrogens (tertiary/aromatic N) is 4. The van der Waals surface area contributed by atoms with Crippen LogP contribution in [-0.2, 0) is 21.4 Å². The highest BCUT2D eigenvalue weighted by Gasteiger charge is 2.16. The number of nitrogens with one attached hydrogen (secondary N) is 2. The second-order valence-corrected chi connectivity index (χ2v) is 10.4. The zero-order valence-electron chi connectivity index (χ0n) is 17.0. The number of thioether (sulfide) groups is 1. The van der Waals surface area contributed by atoms with Gasteiger partial charge >= 0.3 is 0 Å². The molecule has 0 unspecified atom stereocenters. The number of aryl methyl sites for hydroxylation is 2. The van der Waals surface area contributed by atoms with Crippen molar-refractivity contribution >= 4 is 49.8 Å². The summed E-state index contributed by atoms with van der Waals surface area (Å²) in [6.07, 6.45) is 1.10. The Morgan fingerprint density at radius 1 is 1.20 bits per heavy atom. The quantitative estimate of drug-likeness (QED) is 0.490. The van der Waals surface area contributed by atoms with E-state index < -0.39 is 10.0 Å². The molecule has 0 saturated heterocycles. The van der Waals surface area contributed by atoms with Gasteiger partial charge in [0.2, 0.25) is 15.9 Å². The number of hydrogen-bond acceptors (Lipinski definition) is 8. The van der Waals surface area contributed by atoms with Crippen LogP contribution in [0.1, 0.15) is 17.5 Å². The molecule has 9 nitrogen and oxygen atoms in total. The molecule has 0 spiro atoms. The number of carbonyl (C=O) groups excluding carboxylic acids is 1. The van der Waals surface area contributed by atoms with Crippen LogP contribution in [0.4, 0.5) is 10.8 Å². The van der Waals surface area contributed by atoms with Crippen molar-refractivity contribution in [3.05, 3.63) is 34.8 Å². The maximum absolute atomic E-state index is 12.3. The average molecular weight is 467 g/mol. The Morgan fingerprint density at radius 2 is 1.90 bits per heavy atom. The monoisotopic (exact) mass is 466 g/mol. The van der Waals surface area contributed by atoms with Crippen LogP contribution in [0.25, 0.3) is 11.4 Å². The third-order valence-corrected chi connectivity index (χ3v) is 6.65. The standard InChI is InChI=1S/C18H22N6O3S3/c1-5-24-16(13-6-8-14(9-7-13)23-30(4,26)27)21-22-18(24)28-10-15(25)20-17-19-11(2)12(3)29-17/h6-9,23H,5,10H2,1-4H3,(H,19,20,25). The molecule has 160 valence electrons. The number of amides is 1. The molecule has 3 rings (SSSR count). The molecule has 2 heterocycles. The van der Waals surface area contributed by atoms with E-state index in [1.807, 2.05) is 25.3 Å². The molecule has 2 N–H and O–H groups in total. The van der Waals surface area contributed by atoms with Crippen molar-refractivity contribution in [3.8, 4) is 11.4 Å². The first-order chi connectivity index (χ1) is 14.2. The molecule has 0 bridgehead atoms. The molecule has 0 saturated carbocycles. The van der Waals surface area contributed by atoms with E-state index in [1.165, 1.54) is 23.1 Å². The summed E-state index contributed by atoms with van der Waals surface area (Å²) in [5, 5.41) is 12.5. The maximum Gasteiger partial charge on any atom is 0.236 e. The van der Waals surface area contributed by atoms with Gasteiger partial charge in [-0.1, -0.05) is 11.8 Å². The number of anilines is 2. The van der Waals surface area contributed by atoms with Crippen LogP contribution in [0.15, 0.2) is 29.4 Å². The van der Waals surface area contributed by atoms with Gasteiger partial charge in [-0.05, 0) is 45.0 Å². The van der Waals surface area contributed by atoms with Crippen molar-refractivity contribution in [2.75, 3.05) is 22.0 Å². The summed E-state index contributed by atoms with van der Waals surface area (Å²) in [5.41, 5.74) is 2.19. The van der Waals surface area contributed by atoms with Crippen molar-refractivity contribution < 1.29 is 13.2 Å². The lowest BCUT2D eigenvalue weighted by molar-refractivity contribution is -0.113. The lowest BCUT2D eigenvalue weighted by Crippen LogP contribution is -2.14. The van der Waals surface area contributed by atoms with E-state index in [0.29, 0.717) is 28.3 Å². The average Bonchev–Trinajstić information content (AvgIpc) is 3.21. The largest absolute Gasteiger partial charge is 0.302 e. The first kappa shape index (κ1) is 22.2. The van der Waals surface area contributed by atoms with Gasteiger partial charge in [0.05, 0.1) is 17.7 Å².